The molecule has 0 radical (unpaired) electrons. The standard InChI is InChI=1S/C7H14N2S/c1-3-5-6(4-2)10-7(8)9-5/h7,9H,3-4,8H2,1-2H3. The molecule has 10 heavy (non-hydrogen) atoms. The van der Waals surface area contributed by atoms with Gasteiger partial charge in [-0.25, -0.2) is 0 Å². The highest BCUT2D eigenvalue weighted by Gasteiger charge is 2.17. The number of nitrogens with one attached hydrogen (secondary N) is 1. The van der Waals surface area contributed by atoms with Gasteiger partial charge in [-0.05, 0) is 12.8 Å². The molecule has 0 aromatic rings. The van der Waals surface area contributed by atoms with Crippen LogP contribution in [0.2, 0.25) is 0 Å². The molecule has 0 spiro atoms. The van der Waals surface area contributed by atoms with Gasteiger partial charge in [-0.15, -0.1) is 0 Å². The van der Waals surface area contributed by atoms with Crippen LogP contribution in [0.5, 0.6) is 0 Å². The third-order valence-electron chi connectivity index (χ3n) is 1.60. The zero-order chi connectivity index (χ0) is 7.56. The van der Waals surface area contributed by atoms with E-state index in [1.807, 2.05) is 0 Å². The van der Waals surface area contributed by atoms with Crippen LogP contribution in [0, 0.1) is 0 Å². The van der Waals surface area contributed by atoms with Crippen molar-refractivity contribution in [2.75, 3.05) is 0 Å². The summed E-state index contributed by atoms with van der Waals surface area (Å²) in [4.78, 5) is 1.43. The van der Waals surface area contributed by atoms with E-state index < -0.39 is 0 Å². The molecule has 58 valence electrons. The first-order chi connectivity index (χ1) is 4.77. The Labute approximate surface area is 66.2 Å². The SMILES string of the molecule is CCC1=C(CC)SC(N)N1. The Hall–Kier alpha value is -0.150. The van der Waals surface area contributed by atoms with Crippen molar-refractivity contribution in [3.63, 3.8) is 0 Å². The van der Waals surface area contributed by atoms with Crippen LogP contribution in [0.25, 0.3) is 0 Å². The van der Waals surface area contributed by atoms with E-state index in [0.29, 0.717) is 0 Å². The van der Waals surface area contributed by atoms with Crippen LogP contribution in [0.3, 0.4) is 0 Å². The largest absolute Gasteiger partial charge is 0.364 e. The van der Waals surface area contributed by atoms with Crippen molar-refractivity contribution in [1.29, 1.82) is 0 Å². The van der Waals surface area contributed by atoms with E-state index in [-0.39, 0.29) is 5.50 Å². The van der Waals surface area contributed by atoms with Crippen molar-refractivity contribution in [2.24, 2.45) is 5.73 Å². The highest BCUT2D eigenvalue weighted by Crippen LogP contribution is 2.31. The average molecular weight is 158 g/mol. The van der Waals surface area contributed by atoms with Gasteiger partial charge in [0.1, 0.15) is 5.50 Å². The fourth-order valence-corrected chi connectivity index (χ4v) is 2.12. The number of thioether (sulfide) groups is 1. The Morgan fingerprint density at radius 1 is 1.50 bits per heavy atom. The summed E-state index contributed by atoms with van der Waals surface area (Å²) in [5, 5.41) is 3.22. The monoisotopic (exact) mass is 158 g/mol. The first kappa shape index (κ1) is 7.95. The topological polar surface area (TPSA) is 38.0 Å². The van der Waals surface area contributed by atoms with Crippen LogP contribution in [0.4, 0.5) is 0 Å². The minimum Gasteiger partial charge on any atom is -0.364 e. The molecule has 0 fully saturated rings. The predicted molar refractivity (Wildman–Crippen MR) is 46.3 cm³/mol. The Balaban J connectivity index is 2.61. The summed E-state index contributed by atoms with van der Waals surface area (Å²) in [6.45, 7) is 4.31. The molecule has 0 saturated carbocycles. The molecule has 0 bridgehead atoms. The van der Waals surface area contributed by atoms with Crippen LogP contribution in [-0.4, -0.2) is 5.50 Å². The van der Waals surface area contributed by atoms with Gasteiger partial charge in [-0.1, -0.05) is 25.6 Å². The zero-order valence-corrected chi connectivity index (χ0v) is 7.29. The molecule has 3 N–H and O–H groups in total. The van der Waals surface area contributed by atoms with Crippen LogP contribution < -0.4 is 11.1 Å². The second kappa shape index (κ2) is 3.30. The summed E-state index contributed by atoms with van der Waals surface area (Å²) < 4.78 is 0. The summed E-state index contributed by atoms with van der Waals surface area (Å²) in [6.07, 6.45) is 2.18. The normalized spacial score (nSPS) is 25.3. The predicted octanol–water partition coefficient (Wildman–Crippen LogP) is 1.60. The maximum atomic E-state index is 5.68. The molecule has 0 saturated heterocycles. The molecule has 1 atom stereocenters. The third kappa shape index (κ3) is 1.47. The number of nitrogens with two attached hydrogens (primary N) is 1. The van der Waals surface area contributed by atoms with Gasteiger partial charge in [0, 0.05) is 10.6 Å². The van der Waals surface area contributed by atoms with E-state index in [4.69, 9.17) is 5.73 Å². The molecule has 0 aliphatic carbocycles. The lowest BCUT2D eigenvalue weighted by Gasteiger charge is -2.03. The van der Waals surface area contributed by atoms with Gasteiger partial charge in [0.2, 0.25) is 0 Å². The minimum absolute atomic E-state index is 0.102. The number of hydrogen-bond acceptors (Lipinski definition) is 3. The molecule has 1 unspecified atom stereocenters. The van der Waals surface area contributed by atoms with Crippen molar-refractivity contribution >= 4 is 11.8 Å². The van der Waals surface area contributed by atoms with E-state index in [9.17, 15) is 0 Å². The van der Waals surface area contributed by atoms with Crippen LogP contribution in [-0.2, 0) is 0 Å². The van der Waals surface area contributed by atoms with Crippen molar-refractivity contribution in [2.45, 2.75) is 32.2 Å². The van der Waals surface area contributed by atoms with E-state index in [1.165, 1.54) is 10.6 Å². The summed E-state index contributed by atoms with van der Waals surface area (Å²) in [5.41, 5.74) is 7.11. The van der Waals surface area contributed by atoms with Crippen LogP contribution in [0.15, 0.2) is 10.6 Å². The second-order valence-electron chi connectivity index (χ2n) is 2.29. The highest BCUT2D eigenvalue weighted by molar-refractivity contribution is 8.03. The number of hydrogen-bond donors (Lipinski definition) is 2. The fourth-order valence-electron chi connectivity index (χ4n) is 1.10. The molecule has 0 amide bonds. The highest BCUT2D eigenvalue weighted by atomic mass is 32.2. The molecule has 1 heterocycles. The lowest BCUT2D eigenvalue weighted by molar-refractivity contribution is 0.754. The zero-order valence-electron chi connectivity index (χ0n) is 6.48. The lowest BCUT2D eigenvalue weighted by Crippen LogP contribution is -2.28. The Morgan fingerprint density at radius 2 is 2.20 bits per heavy atom. The molecular weight excluding hydrogens is 144 g/mol. The smallest absolute Gasteiger partial charge is 0.127 e. The Bertz CT molecular complexity index is 138. The van der Waals surface area contributed by atoms with Gasteiger partial charge < -0.3 is 11.1 Å². The third-order valence-corrected chi connectivity index (χ3v) is 2.79. The van der Waals surface area contributed by atoms with E-state index in [0.717, 1.165) is 12.8 Å². The van der Waals surface area contributed by atoms with Crippen molar-refractivity contribution < 1.29 is 0 Å². The molecule has 2 nitrogen and oxygen atoms in total. The summed E-state index contributed by atoms with van der Waals surface area (Å²) >= 11 is 1.74. The molecule has 3 heteroatoms. The number of rotatable bonds is 2. The van der Waals surface area contributed by atoms with Crippen LogP contribution >= 0.6 is 11.8 Å². The van der Waals surface area contributed by atoms with Gasteiger partial charge >= 0.3 is 0 Å². The van der Waals surface area contributed by atoms with Gasteiger partial charge in [0.15, 0.2) is 0 Å². The molecule has 1 rings (SSSR count). The van der Waals surface area contributed by atoms with E-state index >= 15 is 0 Å². The molecule has 1 aliphatic heterocycles. The van der Waals surface area contributed by atoms with Crippen molar-refractivity contribution in [1.82, 2.24) is 5.32 Å². The van der Waals surface area contributed by atoms with Crippen LogP contribution in [0.1, 0.15) is 26.7 Å². The molecule has 0 aromatic carbocycles. The lowest BCUT2D eigenvalue weighted by atomic mass is 10.3. The fraction of sp³-hybridized carbons (Fsp3) is 0.714. The van der Waals surface area contributed by atoms with Crippen molar-refractivity contribution in [3.8, 4) is 0 Å². The molecule has 1 aliphatic rings. The minimum atomic E-state index is 0.102. The summed E-state index contributed by atoms with van der Waals surface area (Å²) in [7, 11) is 0. The summed E-state index contributed by atoms with van der Waals surface area (Å²) in [6, 6.07) is 0. The maximum Gasteiger partial charge on any atom is 0.127 e. The quantitative estimate of drug-likeness (QED) is 0.641. The second-order valence-corrected chi connectivity index (χ2v) is 3.53. The Kier molecular flexibility index (Phi) is 2.63. The maximum absolute atomic E-state index is 5.68. The van der Waals surface area contributed by atoms with E-state index in [1.54, 1.807) is 11.8 Å². The van der Waals surface area contributed by atoms with Gasteiger partial charge in [0.05, 0.1) is 0 Å². The van der Waals surface area contributed by atoms with Gasteiger partial charge in [-0.2, -0.15) is 0 Å². The molecular formula is C7H14N2S. The first-order valence-corrected chi connectivity index (χ1v) is 4.56. The van der Waals surface area contributed by atoms with E-state index in [2.05, 4.69) is 19.2 Å². The average Bonchev–Trinajstić information content (AvgIpc) is 2.30. The summed E-state index contributed by atoms with van der Waals surface area (Å²) in [5.74, 6) is 0. The van der Waals surface area contributed by atoms with Gasteiger partial charge in [-0.3, -0.25) is 0 Å². The Morgan fingerprint density at radius 3 is 2.60 bits per heavy atom. The molecule has 0 aromatic heterocycles. The number of allylic oxidation sites excluding steroid dienone is 2. The first-order valence-electron chi connectivity index (χ1n) is 3.68. The van der Waals surface area contributed by atoms with Crippen molar-refractivity contribution in [3.05, 3.63) is 10.6 Å². The van der Waals surface area contributed by atoms with Gasteiger partial charge in [0.25, 0.3) is 0 Å².